The molecule has 0 unspecified atom stereocenters. The summed E-state index contributed by atoms with van der Waals surface area (Å²) in [7, 11) is 3.99. The van der Waals surface area contributed by atoms with Gasteiger partial charge >= 0.3 is 0 Å². The predicted molar refractivity (Wildman–Crippen MR) is 73.2 cm³/mol. The summed E-state index contributed by atoms with van der Waals surface area (Å²) >= 11 is 0. The first-order valence-corrected chi connectivity index (χ1v) is 6.51. The molecule has 0 aliphatic rings. The second-order valence-electron chi connectivity index (χ2n) is 3.88. The number of nitrogens with zero attached hydrogens (tertiary/aromatic N) is 2. The van der Waals surface area contributed by atoms with Gasteiger partial charge in [0.05, 0.1) is 0 Å². The van der Waals surface area contributed by atoms with E-state index in [2.05, 4.69) is 43.6 Å². The van der Waals surface area contributed by atoms with E-state index in [4.69, 9.17) is 0 Å². The average molecular weight is 232 g/mol. The Hall–Kier alpha value is -0.160. The minimum absolute atomic E-state index is 1.08. The Kier molecular flexibility index (Phi) is 16.9. The first kappa shape index (κ1) is 18.2. The third-order valence-electron chi connectivity index (χ3n) is 2.03. The second-order valence-corrected chi connectivity index (χ2v) is 3.88. The maximum Gasteiger partial charge on any atom is 0.0102 e. The van der Waals surface area contributed by atoms with Gasteiger partial charge in [0.25, 0.3) is 0 Å². The number of hydrogen-bond donors (Lipinski definition) is 2. The average Bonchev–Trinajstić information content (AvgIpc) is 2.29. The molecule has 4 heteroatoms. The highest BCUT2D eigenvalue weighted by Crippen LogP contribution is 1.79. The van der Waals surface area contributed by atoms with E-state index in [1.165, 1.54) is 12.8 Å². The summed E-state index contributed by atoms with van der Waals surface area (Å²) in [5, 5.41) is 4.17. The number of rotatable bonds is 8. The van der Waals surface area contributed by atoms with E-state index >= 15 is 0 Å². The van der Waals surface area contributed by atoms with Crippen LogP contribution in [0.3, 0.4) is 0 Å². The van der Waals surface area contributed by atoms with Gasteiger partial charge in [0.15, 0.2) is 0 Å². The Balaban J connectivity index is 0. The summed E-state index contributed by atoms with van der Waals surface area (Å²) in [5.41, 5.74) is 6.43. The van der Waals surface area contributed by atoms with Crippen LogP contribution in [0.5, 0.6) is 0 Å². The summed E-state index contributed by atoms with van der Waals surface area (Å²) in [4.78, 5) is 0. The lowest BCUT2D eigenvalue weighted by atomic mass is 10.5. The van der Waals surface area contributed by atoms with Crippen molar-refractivity contribution >= 4 is 0 Å². The summed E-state index contributed by atoms with van der Waals surface area (Å²) in [6.45, 7) is 13.0. The molecule has 0 radical (unpaired) electrons. The Morgan fingerprint density at radius 2 is 1.19 bits per heavy atom. The Labute approximate surface area is 102 Å². The maximum absolute atomic E-state index is 3.30. The third-order valence-corrected chi connectivity index (χ3v) is 2.03. The fraction of sp³-hybridized carbons (Fsp3) is 1.00. The van der Waals surface area contributed by atoms with E-state index in [0.717, 1.165) is 26.2 Å². The molecule has 0 saturated heterocycles. The molecule has 0 aliphatic heterocycles. The van der Waals surface area contributed by atoms with Crippen molar-refractivity contribution in [3.8, 4) is 0 Å². The van der Waals surface area contributed by atoms with Gasteiger partial charge in [-0.3, -0.25) is 15.9 Å². The molecule has 0 heterocycles. The topological polar surface area (TPSA) is 30.5 Å². The van der Waals surface area contributed by atoms with Gasteiger partial charge in [-0.15, -0.1) is 0 Å². The Bertz CT molecular complexity index is 114. The van der Waals surface area contributed by atoms with Gasteiger partial charge in [-0.25, -0.2) is 5.01 Å². The Morgan fingerprint density at radius 1 is 0.750 bits per heavy atom. The zero-order valence-corrected chi connectivity index (χ0v) is 12.1. The smallest absolute Gasteiger partial charge is 0.0102 e. The van der Waals surface area contributed by atoms with Gasteiger partial charge in [-0.2, -0.15) is 0 Å². The van der Waals surface area contributed by atoms with E-state index in [0.29, 0.717) is 0 Å². The fourth-order valence-electron chi connectivity index (χ4n) is 1.05. The molecule has 100 valence electrons. The molecule has 0 aromatic carbocycles. The summed E-state index contributed by atoms with van der Waals surface area (Å²) in [6.07, 6.45) is 2.40. The SMILES string of the molecule is CCCNN(C)C.CCCNN(CC)CC. The minimum atomic E-state index is 1.08. The van der Waals surface area contributed by atoms with Gasteiger partial charge < -0.3 is 0 Å². The van der Waals surface area contributed by atoms with Crippen molar-refractivity contribution in [2.24, 2.45) is 0 Å². The van der Waals surface area contributed by atoms with Gasteiger partial charge in [0, 0.05) is 40.3 Å². The number of hydrogen-bond acceptors (Lipinski definition) is 4. The molecule has 0 amide bonds. The standard InChI is InChI=1S/C7H18N2.C5H14N2/c1-4-7-8-9(5-2)6-3;1-4-5-6-7(2)3/h8H,4-7H2,1-3H3;6H,4-5H2,1-3H3. The highest BCUT2D eigenvalue weighted by atomic mass is 15.5. The normalized spacial score (nSPS) is 10.5. The van der Waals surface area contributed by atoms with Crippen LogP contribution in [0.1, 0.15) is 40.5 Å². The van der Waals surface area contributed by atoms with Crippen LogP contribution in [0.25, 0.3) is 0 Å². The van der Waals surface area contributed by atoms with Gasteiger partial charge in [0.1, 0.15) is 0 Å². The molecular formula is C12H32N4. The van der Waals surface area contributed by atoms with Crippen LogP contribution in [0.2, 0.25) is 0 Å². The molecule has 0 aromatic rings. The molecule has 0 fully saturated rings. The maximum atomic E-state index is 3.30. The molecular weight excluding hydrogens is 200 g/mol. The van der Waals surface area contributed by atoms with Crippen molar-refractivity contribution in [2.45, 2.75) is 40.5 Å². The lowest BCUT2D eigenvalue weighted by Crippen LogP contribution is -2.37. The lowest BCUT2D eigenvalue weighted by molar-refractivity contribution is 0.209. The van der Waals surface area contributed by atoms with Crippen LogP contribution in [0.4, 0.5) is 0 Å². The minimum Gasteiger partial charge on any atom is -0.256 e. The first-order valence-electron chi connectivity index (χ1n) is 6.51. The Morgan fingerprint density at radius 3 is 1.44 bits per heavy atom. The van der Waals surface area contributed by atoms with Crippen LogP contribution in [-0.4, -0.2) is 50.3 Å². The zero-order chi connectivity index (χ0) is 12.8. The third kappa shape index (κ3) is 16.3. The largest absolute Gasteiger partial charge is 0.256 e. The van der Waals surface area contributed by atoms with Crippen LogP contribution >= 0.6 is 0 Å². The van der Waals surface area contributed by atoms with Crippen molar-refractivity contribution in [1.82, 2.24) is 20.9 Å². The van der Waals surface area contributed by atoms with Crippen molar-refractivity contribution < 1.29 is 0 Å². The second kappa shape index (κ2) is 14.8. The molecule has 0 rings (SSSR count). The summed E-state index contributed by atoms with van der Waals surface area (Å²) in [6, 6.07) is 0. The molecule has 0 bridgehead atoms. The van der Waals surface area contributed by atoms with Crippen LogP contribution in [-0.2, 0) is 0 Å². The van der Waals surface area contributed by atoms with E-state index < -0.39 is 0 Å². The van der Waals surface area contributed by atoms with Crippen molar-refractivity contribution in [2.75, 3.05) is 40.3 Å². The van der Waals surface area contributed by atoms with E-state index in [9.17, 15) is 0 Å². The highest BCUT2D eigenvalue weighted by molar-refractivity contribution is 4.43. The summed E-state index contributed by atoms with van der Waals surface area (Å²) < 4.78 is 0. The quantitative estimate of drug-likeness (QED) is 0.624. The van der Waals surface area contributed by atoms with Crippen LogP contribution in [0.15, 0.2) is 0 Å². The molecule has 2 N–H and O–H groups in total. The van der Waals surface area contributed by atoms with E-state index in [1.807, 2.05) is 19.1 Å². The molecule has 4 nitrogen and oxygen atoms in total. The van der Waals surface area contributed by atoms with Crippen molar-refractivity contribution in [3.05, 3.63) is 0 Å². The monoisotopic (exact) mass is 232 g/mol. The van der Waals surface area contributed by atoms with Gasteiger partial charge in [-0.1, -0.05) is 27.7 Å². The van der Waals surface area contributed by atoms with Crippen LogP contribution < -0.4 is 10.9 Å². The lowest BCUT2D eigenvalue weighted by Gasteiger charge is -2.18. The molecule has 16 heavy (non-hydrogen) atoms. The fourth-order valence-corrected chi connectivity index (χ4v) is 1.05. The van der Waals surface area contributed by atoms with Crippen molar-refractivity contribution in [3.63, 3.8) is 0 Å². The summed E-state index contributed by atoms with van der Waals surface area (Å²) in [5.74, 6) is 0. The molecule has 0 spiro atoms. The number of hydrazine groups is 2. The highest BCUT2D eigenvalue weighted by Gasteiger charge is 1.92. The first-order chi connectivity index (χ1) is 7.62. The van der Waals surface area contributed by atoms with Crippen LogP contribution in [0, 0.1) is 0 Å². The van der Waals surface area contributed by atoms with Crippen molar-refractivity contribution in [1.29, 1.82) is 0 Å². The zero-order valence-electron chi connectivity index (χ0n) is 12.1. The number of nitrogens with one attached hydrogen (secondary N) is 2. The molecule has 0 saturated carbocycles. The predicted octanol–water partition coefficient (Wildman–Crippen LogP) is 1.71. The van der Waals surface area contributed by atoms with Gasteiger partial charge in [0.2, 0.25) is 0 Å². The van der Waals surface area contributed by atoms with E-state index in [-0.39, 0.29) is 0 Å². The van der Waals surface area contributed by atoms with Gasteiger partial charge in [-0.05, 0) is 12.8 Å². The van der Waals surface area contributed by atoms with E-state index in [1.54, 1.807) is 0 Å². The molecule has 0 aromatic heterocycles. The molecule has 0 atom stereocenters. The molecule has 0 aliphatic carbocycles.